The van der Waals surface area contributed by atoms with Crippen LogP contribution >= 0.6 is 11.6 Å². The van der Waals surface area contributed by atoms with E-state index < -0.39 is 22.0 Å². The molecular weight excluding hydrogens is 376 g/mol. The van der Waals surface area contributed by atoms with Gasteiger partial charge in [0.15, 0.2) is 5.78 Å². The third-order valence-electron chi connectivity index (χ3n) is 4.42. The summed E-state index contributed by atoms with van der Waals surface area (Å²) in [5.74, 6) is -0.948. The number of halogens is 1. The van der Waals surface area contributed by atoms with Crippen LogP contribution in [0.15, 0.2) is 29.2 Å². The first-order chi connectivity index (χ1) is 12.3. The maximum atomic E-state index is 13.2. The molecule has 1 saturated heterocycles. The Labute approximate surface area is 160 Å². The van der Waals surface area contributed by atoms with Crippen LogP contribution in [0.1, 0.15) is 32.6 Å². The number of benzene rings is 1. The van der Waals surface area contributed by atoms with Gasteiger partial charge in [0.1, 0.15) is 6.04 Å². The Balaban J connectivity index is 2.46. The van der Waals surface area contributed by atoms with Gasteiger partial charge in [0.2, 0.25) is 5.91 Å². The Kier molecular flexibility index (Phi) is 7.20. The molecule has 1 radical (unpaired) electrons. The van der Waals surface area contributed by atoms with Crippen molar-refractivity contribution in [1.29, 1.82) is 0 Å². The number of nitrogens with one attached hydrogen (secondary N) is 1. The minimum Gasteiger partial charge on any atom is -0.310 e. The van der Waals surface area contributed by atoms with E-state index in [1.165, 1.54) is 24.3 Å². The summed E-state index contributed by atoms with van der Waals surface area (Å²) in [6.45, 7) is 6.25. The van der Waals surface area contributed by atoms with Gasteiger partial charge >= 0.3 is 0 Å². The molecule has 1 aliphatic rings. The Hall–Kier alpha value is -1.44. The predicted octanol–water partition coefficient (Wildman–Crippen LogP) is 2.43. The molecule has 0 aromatic heterocycles. The van der Waals surface area contributed by atoms with Crippen molar-refractivity contribution >= 4 is 33.3 Å². The summed E-state index contributed by atoms with van der Waals surface area (Å²) in [4.78, 5) is 25.3. The molecule has 0 aliphatic carbocycles. The van der Waals surface area contributed by atoms with Gasteiger partial charge in [-0.1, -0.05) is 31.9 Å². The number of rotatable bonds is 6. The number of Topliss-reactive ketones (excluding diaryl/α,β-unsaturated/α-hetero) is 1. The zero-order valence-electron chi connectivity index (χ0n) is 14.8. The van der Waals surface area contributed by atoms with Crippen LogP contribution in [0.25, 0.3) is 0 Å². The number of sulfonamides is 1. The van der Waals surface area contributed by atoms with Gasteiger partial charge in [-0.2, -0.15) is 0 Å². The molecule has 8 heteroatoms. The van der Waals surface area contributed by atoms with Crippen LogP contribution in [0.4, 0.5) is 0 Å². The number of amides is 1. The van der Waals surface area contributed by atoms with Crippen molar-refractivity contribution in [3.63, 3.8) is 0 Å². The molecule has 1 aliphatic heterocycles. The average Bonchev–Trinajstić information content (AvgIpc) is 2.80. The molecule has 1 aromatic rings. The lowest BCUT2D eigenvalue weighted by Crippen LogP contribution is -2.49. The number of hydrogen-bond acceptors (Lipinski definition) is 5. The molecule has 0 spiro atoms. The molecule has 1 aromatic carbocycles. The highest BCUT2D eigenvalue weighted by Gasteiger charge is 2.39. The van der Waals surface area contributed by atoms with Gasteiger partial charge in [0.05, 0.1) is 11.4 Å². The fourth-order valence-electron chi connectivity index (χ4n) is 2.84. The lowest BCUT2D eigenvalue weighted by molar-refractivity contribution is -0.134. The number of nitrogens with zero attached hydrogens (tertiary/aromatic N) is 1. The van der Waals surface area contributed by atoms with Gasteiger partial charge in [-0.25, -0.2) is 12.7 Å². The van der Waals surface area contributed by atoms with E-state index in [0.29, 0.717) is 30.8 Å². The zero-order valence-corrected chi connectivity index (χ0v) is 16.4. The van der Waals surface area contributed by atoms with Crippen LogP contribution < -0.4 is 5.32 Å². The summed E-state index contributed by atoms with van der Waals surface area (Å²) in [5.41, 5.74) is 0. The van der Waals surface area contributed by atoms with Crippen molar-refractivity contribution in [1.82, 2.24) is 9.62 Å². The topological polar surface area (TPSA) is 83.6 Å². The molecular formula is C18H24ClN2O4S. The van der Waals surface area contributed by atoms with Gasteiger partial charge < -0.3 is 5.32 Å². The van der Waals surface area contributed by atoms with Crippen molar-refractivity contribution in [2.24, 2.45) is 5.92 Å². The molecule has 0 bridgehead atoms. The minimum atomic E-state index is -4.16. The molecule has 1 amide bonds. The molecule has 2 atom stereocenters. The van der Waals surface area contributed by atoms with Crippen molar-refractivity contribution in [2.45, 2.75) is 43.5 Å². The molecule has 1 heterocycles. The van der Waals surface area contributed by atoms with Gasteiger partial charge in [-0.05, 0) is 49.6 Å². The Morgan fingerprint density at radius 3 is 2.65 bits per heavy atom. The van der Waals surface area contributed by atoms with E-state index in [4.69, 9.17) is 11.6 Å². The molecule has 1 fully saturated rings. The summed E-state index contributed by atoms with van der Waals surface area (Å²) in [6, 6.07) is 4.61. The summed E-state index contributed by atoms with van der Waals surface area (Å²) in [7, 11) is -4.16. The SMILES string of the molecule is [CH2]C[C@H](C)CC(=O)N(C1CCCNCC1=O)S(=O)(=O)c1ccc(Cl)cc1. The number of hydrogen-bond donors (Lipinski definition) is 1. The molecule has 143 valence electrons. The van der Waals surface area contributed by atoms with E-state index in [1.54, 1.807) is 0 Å². The highest BCUT2D eigenvalue weighted by Crippen LogP contribution is 2.25. The second-order valence-corrected chi connectivity index (χ2v) is 8.80. The zero-order chi connectivity index (χ0) is 19.3. The van der Waals surface area contributed by atoms with E-state index in [9.17, 15) is 18.0 Å². The molecule has 1 unspecified atom stereocenters. The smallest absolute Gasteiger partial charge is 0.267 e. The summed E-state index contributed by atoms with van der Waals surface area (Å²) < 4.78 is 27.2. The highest BCUT2D eigenvalue weighted by molar-refractivity contribution is 7.89. The quantitative estimate of drug-likeness (QED) is 0.794. The molecule has 0 saturated carbocycles. The average molecular weight is 400 g/mol. The Bertz CT molecular complexity index is 749. The van der Waals surface area contributed by atoms with Crippen LogP contribution in [0.2, 0.25) is 5.02 Å². The van der Waals surface area contributed by atoms with Crippen molar-refractivity contribution < 1.29 is 18.0 Å². The summed E-state index contributed by atoms with van der Waals surface area (Å²) in [6.07, 6.45) is 1.44. The number of carbonyl (C=O) groups is 2. The van der Waals surface area contributed by atoms with E-state index >= 15 is 0 Å². The van der Waals surface area contributed by atoms with E-state index in [-0.39, 0.29) is 29.6 Å². The van der Waals surface area contributed by atoms with Crippen LogP contribution in [-0.2, 0) is 19.6 Å². The fourth-order valence-corrected chi connectivity index (χ4v) is 4.58. The highest BCUT2D eigenvalue weighted by atomic mass is 35.5. The fraction of sp³-hybridized carbons (Fsp3) is 0.500. The van der Waals surface area contributed by atoms with Crippen molar-refractivity contribution in [2.75, 3.05) is 13.1 Å². The predicted molar refractivity (Wildman–Crippen MR) is 100 cm³/mol. The van der Waals surface area contributed by atoms with Crippen molar-refractivity contribution in [3.8, 4) is 0 Å². The summed E-state index contributed by atoms with van der Waals surface area (Å²) in [5, 5.41) is 3.35. The van der Waals surface area contributed by atoms with Crippen LogP contribution in [0.5, 0.6) is 0 Å². The first-order valence-corrected chi connectivity index (χ1v) is 10.4. The largest absolute Gasteiger partial charge is 0.310 e. The van der Waals surface area contributed by atoms with Gasteiger partial charge in [-0.15, -0.1) is 0 Å². The second-order valence-electron chi connectivity index (χ2n) is 6.55. The number of carbonyl (C=O) groups excluding carboxylic acids is 2. The maximum absolute atomic E-state index is 13.2. The second kappa shape index (κ2) is 8.97. The lowest BCUT2D eigenvalue weighted by atomic mass is 10.0. The molecule has 6 nitrogen and oxygen atoms in total. The molecule has 26 heavy (non-hydrogen) atoms. The van der Waals surface area contributed by atoms with Gasteiger partial charge in [0, 0.05) is 11.4 Å². The first-order valence-electron chi connectivity index (χ1n) is 8.63. The molecule has 1 N–H and O–H groups in total. The third kappa shape index (κ3) is 4.84. The number of ketones is 1. The van der Waals surface area contributed by atoms with E-state index in [2.05, 4.69) is 12.2 Å². The monoisotopic (exact) mass is 399 g/mol. The molecule has 2 rings (SSSR count). The normalized spacial score (nSPS) is 19.7. The maximum Gasteiger partial charge on any atom is 0.267 e. The first kappa shape index (κ1) is 20.9. The van der Waals surface area contributed by atoms with E-state index in [0.717, 1.165) is 4.31 Å². The minimum absolute atomic E-state index is 0.0214. The van der Waals surface area contributed by atoms with Crippen molar-refractivity contribution in [3.05, 3.63) is 36.2 Å². The lowest BCUT2D eigenvalue weighted by Gasteiger charge is -2.30. The van der Waals surface area contributed by atoms with Gasteiger partial charge in [-0.3, -0.25) is 9.59 Å². The standard InChI is InChI=1S/C18H24ClN2O4S/c1-3-13(2)11-18(23)21(16-5-4-10-20-12-17(16)22)26(24,25)15-8-6-14(19)7-9-15/h6-9,13,16,20H,1,3-5,10-12H2,2H3/t13-,16?/m0/s1. The van der Waals surface area contributed by atoms with Crippen LogP contribution in [0, 0.1) is 12.8 Å². The Morgan fingerprint density at radius 2 is 2.04 bits per heavy atom. The van der Waals surface area contributed by atoms with Crippen LogP contribution in [0.3, 0.4) is 0 Å². The van der Waals surface area contributed by atoms with E-state index in [1.807, 2.05) is 6.92 Å². The third-order valence-corrected chi connectivity index (χ3v) is 6.51. The van der Waals surface area contributed by atoms with Gasteiger partial charge in [0.25, 0.3) is 10.0 Å². The summed E-state index contributed by atoms with van der Waals surface area (Å²) >= 11 is 5.84. The Morgan fingerprint density at radius 1 is 1.38 bits per heavy atom. The van der Waals surface area contributed by atoms with Crippen LogP contribution in [-0.4, -0.2) is 43.5 Å².